The van der Waals surface area contributed by atoms with Gasteiger partial charge in [0.25, 0.3) is 5.69 Å². The number of hydrogen-bond acceptors (Lipinski definition) is 5. The van der Waals surface area contributed by atoms with E-state index in [-0.39, 0.29) is 17.7 Å². The minimum atomic E-state index is -0.421. The average molecular weight is 275 g/mol. The van der Waals surface area contributed by atoms with E-state index in [1.165, 1.54) is 12.1 Å². The average Bonchev–Trinajstić information content (AvgIpc) is 2.44. The van der Waals surface area contributed by atoms with Gasteiger partial charge in [0, 0.05) is 36.1 Å². The van der Waals surface area contributed by atoms with Crippen molar-refractivity contribution in [2.45, 2.75) is 13.8 Å². The van der Waals surface area contributed by atoms with E-state index in [0.29, 0.717) is 17.9 Å². The molecular formula is C14H17N3O3. The zero-order valence-corrected chi connectivity index (χ0v) is 11.5. The highest BCUT2D eigenvalue weighted by Crippen LogP contribution is 2.22. The van der Waals surface area contributed by atoms with Crippen LogP contribution in [0.3, 0.4) is 0 Å². The molecule has 1 aromatic heterocycles. The molecule has 0 unspecified atom stereocenters. The summed E-state index contributed by atoms with van der Waals surface area (Å²) in [7, 11) is 0. The van der Waals surface area contributed by atoms with Crippen molar-refractivity contribution in [2.75, 3.05) is 18.5 Å². The number of aromatic nitrogens is 1. The minimum absolute atomic E-state index is 0.0569. The van der Waals surface area contributed by atoms with Gasteiger partial charge in [0.2, 0.25) is 0 Å². The maximum atomic E-state index is 10.7. The van der Waals surface area contributed by atoms with Gasteiger partial charge in [-0.25, -0.2) is 4.98 Å². The molecule has 0 fully saturated rings. The van der Waals surface area contributed by atoms with Gasteiger partial charge in [0.1, 0.15) is 5.82 Å². The number of non-ortho nitro benzene ring substituents is 1. The van der Waals surface area contributed by atoms with Crippen LogP contribution in [0.25, 0.3) is 10.9 Å². The number of hydrogen-bond donors (Lipinski definition) is 2. The molecule has 2 aromatic rings. The quantitative estimate of drug-likeness (QED) is 0.646. The summed E-state index contributed by atoms with van der Waals surface area (Å²) < 4.78 is 0. The third-order valence-electron chi connectivity index (χ3n) is 3.06. The number of nitrogens with zero attached hydrogens (tertiary/aromatic N) is 2. The van der Waals surface area contributed by atoms with Gasteiger partial charge in [0.05, 0.1) is 10.4 Å². The lowest BCUT2D eigenvalue weighted by molar-refractivity contribution is -0.384. The first kappa shape index (κ1) is 14.2. The molecule has 0 spiro atoms. The molecular weight excluding hydrogens is 258 g/mol. The molecule has 0 saturated heterocycles. The van der Waals surface area contributed by atoms with Gasteiger partial charge in [-0.05, 0) is 18.2 Å². The van der Waals surface area contributed by atoms with Crippen LogP contribution in [0.2, 0.25) is 0 Å². The highest BCUT2D eigenvalue weighted by molar-refractivity contribution is 5.82. The van der Waals surface area contributed by atoms with Crippen molar-refractivity contribution in [3.05, 3.63) is 40.4 Å². The largest absolute Gasteiger partial charge is 0.396 e. The zero-order valence-electron chi connectivity index (χ0n) is 11.5. The Labute approximate surface area is 116 Å². The van der Waals surface area contributed by atoms with Crippen molar-refractivity contribution in [1.29, 1.82) is 0 Å². The van der Waals surface area contributed by atoms with E-state index in [2.05, 4.69) is 10.3 Å². The fraction of sp³-hybridized carbons (Fsp3) is 0.357. The lowest BCUT2D eigenvalue weighted by Crippen LogP contribution is -2.27. The maximum Gasteiger partial charge on any atom is 0.270 e. The first-order valence-corrected chi connectivity index (χ1v) is 6.31. The van der Waals surface area contributed by atoms with E-state index in [4.69, 9.17) is 0 Å². The summed E-state index contributed by atoms with van der Waals surface area (Å²) in [5.41, 5.74) is 0.523. The monoisotopic (exact) mass is 275 g/mol. The summed E-state index contributed by atoms with van der Waals surface area (Å²) in [6.07, 6.45) is 0. The van der Waals surface area contributed by atoms with Crippen molar-refractivity contribution < 1.29 is 10.0 Å². The van der Waals surface area contributed by atoms with E-state index in [1.807, 2.05) is 13.8 Å². The Morgan fingerprint density at radius 2 is 2.10 bits per heavy atom. The Bertz CT molecular complexity index is 641. The summed E-state index contributed by atoms with van der Waals surface area (Å²) in [6.45, 7) is 4.57. The first-order valence-electron chi connectivity index (χ1n) is 6.31. The SMILES string of the molecule is CC(C)(CO)CNc1ccc2cc([N+](=O)[O-])ccc2n1. The third kappa shape index (κ3) is 3.21. The molecule has 0 aliphatic heterocycles. The van der Waals surface area contributed by atoms with Crippen LogP contribution < -0.4 is 5.32 Å². The molecule has 0 saturated carbocycles. The number of pyridine rings is 1. The van der Waals surface area contributed by atoms with Crippen LogP contribution in [0, 0.1) is 15.5 Å². The van der Waals surface area contributed by atoms with Crippen molar-refractivity contribution in [3.8, 4) is 0 Å². The van der Waals surface area contributed by atoms with Crippen LogP contribution in [-0.4, -0.2) is 28.2 Å². The molecule has 106 valence electrons. The molecule has 1 aromatic carbocycles. The normalized spacial score (nSPS) is 11.6. The van der Waals surface area contributed by atoms with Crippen LogP contribution >= 0.6 is 0 Å². The molecule has 0 aliphatic rings. The molecule has 2 N–H and O–H groups in total. The van der Waals surface area contributed by atoms with Crippen LogP contribution in [0.15, 0.2) is 30.3 Å². The van der Waals surface area contributed by atoms with Crippen molar-refractivity contribution in [3.63, 3.8) is 0 Å². The summed E-state index contributed by atoms with van der Waals surface area (Å²) in [5.74, 6) is 0.688. The molecule has 6 heteroatoms. The van der Waals surface area contributed by atoms with Gasteiger partial charge in [-0.2, -0.15) is 0 Å². The summed E-state index contributed by atoms with van der Waals surface area (Å²) >= 11 is 0. The maximum absolute atomic E-state index is 10.7. The van der Waals surface area contributed by atoms with Crippen LogP contribution in [0.1, 0.15) is 13.8 Å². The number of aliphatic hydroxyl groups is 1. The fourth-order valence-corrected chi connectivity index (χ4v) is 1.71. The number of fused-ring (bicyclic) bond motifs is 1. The summed E-state index contributed by atoms with van der Waals surface area (Å²) in [5, 5.41) is 23.8. The van der Waals surface area contributed by atoms with E-state index >= 15 is 0 Å². The Balaban J connectivity index is 2.22. The van der Waals surface area contributed by atoms with Crippen LogP contribution in [0.4, 0.5) is 11.5 Å². The van der Waals surface area contributed by atoms with E-state index in [9.17, 15) is 15.2 Å². The van der Waals surface area contributed by atoms with Gasteiger partial charge < -0.3 is 10.4 Å². The molecule has 20 heavy (non-hydrogen) atoms. The third-order valence-corrected chi connectivity index (χ3v) is 3.06. The van der Waals surface area contributed by atoms with Gasteiger partial charge in [-0.3, -0.25) is 10.1 Å². The molecule has 0 bridgehead atoms. The predicted molar refractivity (Wildman–Crippen MR) is 77.8 cm³/mol. The summed E-state index contributed by atoms with van der Waals surface area (Å²) in [4.78, 5) is 14.7. The molecule has 0 aliphatic carbocycles. The van der Waals surface area contributed by atoms with E-state index in [0.717, 1.165) is 5.39 Å². The van der Waals surface area contributed by atoms with Gasteiger partial charge in [0.15, 0.2) is 0 Å². The van der Waals surface area contributed by atoms with E-state index < -0.39 is 4.92 Å². The number of nitrogens with one attached hydrogen (secondary N) is 1. The Kier molecular flexibility index (Phi) is 3.85. The van der Waals surface area contributed by atoms with Crippen molar-refractivity contribution >= 4 is 22.4 Å². The highest BCUT2D eigenvalue weighted by Gasteiger charge is 2.16. The topological polar surface area (TPSA) is 88.3 Å². The first-order chi connectivity index (χ1) is 9.41. The standard InChI is InChI=1S/C14H17N3O3/c1-14(2,9-18)8-15-13-6-3-10-7-11(17(19)20)4-5-12(10)16-13/h3-7,18H,8-9H2,1-2H3,(H,15,16). The number of nitro benzene ring substituents is 1. The molecule has 0 radical (unpaired) electrons. The molecule has 2 rings (SSSR count). The van der Waals surface area contributed by atoms with Crippen molar-refractivity contribution in [2.24, 2.45) is 5.41 Å². The smallest absolute Gasteiger partial charge is 0.270 e. The Morgan fingerprint density at radius 3 is 2.75 bits per heavy atom. The van der Waals surface area contributed by atoms with Crippen LogP contribution in [0.5, 0.6) is 0 Å². The predicted octanol–water partition coefficient (Wildman–Crippen LogP) is 2.57. The van der Waals surface area contributed by atoms with Crippen molar-refractivity contribution in [1.82, 2.24) is 4.98 Å². The minimum Gasteiger partial charge on any atom is -0.396 e. The number of nitro groups is 1. The molecule has 1 heterocycles. The lowest BCUT2D eigenvalue weighted by Gasteiger charge is -2.22. The summed E-state index contributed by atoms with van der Waals surface area (Å²) in [6, 6.07) is 8.15. The molecule has 0 atom stereocenters. The lowest BCUT2D eigenvalue weighted by atomic mass is 9.95. The van der Waals surface area contributed by atoms with Gasteiger partial charge in [-0.1, -0.05) is 13.8 Å². The number of aliphatic hydroxyl groups excluding tert-OH is 1. The second-order valence-electron chi connectivity index (χ2n) is 5.51. The number of anilines is 1. The molecule has 6 nitrogen and oxygen atoms in total. The van der Waals surface area contributed by atoms with Gasteiger partial charge >= 0.3 is 0 Å². The zero-order chi connectivity index (χ0) is 14.8. The fourth-order valence-electron chi connectivity index (χ4n) is 1.71. The van der Waals surface area contributed by atoms with Crippen LogP contribution in [-0.2, 0) is 0 Å². The number of benzene rings is 1. The van der Waals surface area contributed by atoms with Gasteiger partial charge in [-0.15, -0.1) is 0 Å². The second-order valence-corrected chi connectivity index (χ2v) is 5.51. The van der Waals surface area contributed by atoms with E-state index in [1.54, 1.807) is 18.2 Å². The molecule has 0 amide bonds. The second kappa shape index (κ2) is 5.42. The highest BCUT2D eigenvalue weighted by atomic mass is 16.6. The Hall–Kier alpha value is -2.21. The Morgan fingerprint density at radius 1 is 1.35 bits per heavy atom. The number of rotatable bonds is 5.